The van der Waals surface area contributed by atoms with Gasteiger partial charge in [0.2, 0.25) is 46.2 Å². The van der Waals surface area contributed by atoms with Gasteiger partial charge in [0.25, 0.3) is 0 Å². The van der Waals surface area contributed by atoms with Gasteiger partial charge in [0.15, 0.2) is 0 Å². The van der Waals surface area contributed by atoms with Crippen molar-refractivity contribution in [3.8, 4) is 0 Å². The van der Waals surface area contributed by atoms with Crippen molar-refractivity contribution in [2.75, 3.05) is 67.7 Å². The molecule has 0 atom stereocenters. The van der Waals surface area contributed by atoms with E-state index in [0.29, 0.717) is 35.1 Å². The van der Waals surface area contributed by atoms with Gasteiger partial charge in [-0.1, -0.05) is 77.0 Å². The van der Waals surface area contributed by atoms with Crippen molar-refractivity contribution < 1.29 is 38.1 Å². The topological polar surface area (TPSA) is 112 Å². The maximum Gasteiger partial charge on any atom is 0.228 e. The normalized spacial score (nSPS) is 18.1. The average Bonchev–Trinajstić information content (AvgIpc) is 3.39. The van der Waals surface area contributed by atoms with Crippen LogP contribution in [0.25, 0.3) is 0 Å². The molecule has 0 bridgehead atoms. The molecule has 298 valence electrons. The number of hydrogen-bond donors (Lipinski definition) is 0. The number of ether oxygens (including phenoxy) is 4. The molecule has 3 rings (SSSR count). The van der Waals surface area contributed by atoms with E-state index in [2.05, 4.69) is 9.80 Å². The number of methoxy groups -OCH3 is 4. The molecule has 1 saturated heterocycles. The molecule has 1 fully saturated rings. The Morgan fingerprint density at radius 1 is 0.396 bits per heavy atom. The largest absolute Gasteiger partial charge is 0.489 e. The first-order valence-corrected chi connectivity index (χ1v) is 20.4. The summed E-state index contributed by atoms with van der Waals surface area (Å²) in [6.45, 7) is 10.7. The Hall–Kier alpha value is -3.24. The van der Waals surface area contributed by atoms with E-state index in [9.17, 15) is 19.2 Å². The molecule has 0 aromatic carbocycles. The van der Waals surface area contributed by atoms with Crippen LogP contribution in [-0.2, 0) is 38.1 Å². The van der Waals surface area contributed by atoms with Crippen LogP contribution in [0.5, 0.6) is 0 Å². The molecule has 0 aromatic heterocycles. The minimum absolute atomic E-state index is 0.0138. The van der Waals surface area contributed by atoms with Gasteiger partial charge in [-0.2, -0.15) is 0 Å². The third-order valence-electron chi connectivity index (χ3n) is 11.2. The Bertz CT molecular complexity index is 1270. The number of ketones is 4. The summed E-state index contributed by atoms with van der Waals surface area (Å²) in [5, 5.41) is 0. The number of rotatable bonds is 26. The highest BCUT2D eigenvalue weighted by atomic mass is 16.5. The van der Waals surface area contributed by atoms with Crippen LogP contribution in [0.4, 0.5) is 0 Å². The van der Waals surface area contributed by atoms with Crippen LogP contribution in [0.15, 0.2) is 45.3 Å². The van der Waals surface area contributed by atoms with Crippen LogP contribution in [0.3, 0.4) is 0 Å². The Balaban J connectivity index is 1.13. The van der Waals surface area contributed by atoms with Crippen molar-refractivity contribution in [1.29, 1.82) is 0 Å². The summed E-state index contributed by atoms with van der Waals surface area (Å²) in [7, 11) is 5.60. The summed E-state index contributed by atoms with van der Waals surface area (Å²) in [4.78, 5) is 56.0. The summed E-state index contributed by atoms with van der Waals surface area (Å²) < 4.78 is 20.6. The number of carbonyl (C=O) groups excluding carboxylic acids is 4. The molecule has 0 N–H and O–H groups in total. The molecule has 0 unspecified atom stereocenters. The zero-order valence-electron chi connectivity index (χ0n) is 33.8. The van der Waals surface area contributed by atoms with Crippen molar-refractivity contribution in [2.45, 2.75) is 136 Å². The fourth-order valence-electron chi connectivity index (χ4n) is 7.85. The van der Waals surface area contributed by atoms with Crippen LogP contribution >= 0.6 is 0 Å². The molecule has 10 heteroatoms. The van der Waals surface area contributed by atoms with Gasteiger partial charge < -0.3 is 28.7 Å². The van der Waals surface area contributed by atoms with E-state index in [1.54, 1.807) is 13.8 Å². The van der Waals surface area contributed by atoms with E-state index in [1.807, 2.05) is 0 Å². The molecule has 53 heavy (non-hydrogen) atoms. The fourth-order valence-corrected chi connectivity index (χ4v) is 7.85. The molecule has 3 aliphatic rings. The zero-order valence-corrected chi connectivity index (χ0v) is 33.8. The number of hydrogen-bond acceptors (Lipinski definition) is 10. The maximum atomic E-state index is 12.8. The van der Waals surface area contributed by atoms with Crippen LogP contribution in [0, 0.1) is 0 Å². The molecule has 0 spiro atoms. The Labute approximate surface area is 319 Å². The number of carbonyl (C=O) groups is 4. The molecule has 0 saturated carbocycles. The van der Waals surface area contributed by atoms with Gasteiger partial charge in [-0.05, 0) is 85.0 Å². The molecule has 1 heterocycles. The summed E-state index contributed by atoms with van der Waals surface area (Å²) in [6.07, 6.45) is 21.4. The summed E-state index contributed by atoms with van der Waals surface area (Å²) >= 11 is 0. The third kappa shape index (κ3) is 13.2. The number of allylic oxidation sites excluding steroid dienone is 4. The lowest BCUT2D eigenvalue weighted by Crippen LogP contribution is -2.32. The third-order valence-corrected chi connectivity index (χ3v) is 11.2. The van der Waals surface area contributed by atoms with Gasteiger partial charge in [0.1, 0.15) is 0 Å². The van der Waals surface area contributed by atoms with Crippen molar-refractivity contribution in [2.24, 2.45) is 0 Å². The van der Waals surface area contributed by atoms with Crippen LogP contribution < -0.4 is 0 Å². The molecule has 0 amide bonds. The van der Waals surface area contributed by atoms with E-state index in [-0.39, 0.29) is 46.2 Å². The Morgan fingerprint density at radius 3 is 1.00 bits per heavy atom. The van der Waals surface area contributed by atoms with Gasteiger partial charge in [0.05, 0.1) is 28.4 Å². The molecule has 1 aliphatic heterocycles. The van der Waals surface area contributed by atoms with Gasteiger partial charge in [-0.3, -0.25) is 19.2 Å². The summed E-state index contributed by atoms with van der Waals surface area (Å²) in [5.74, 6) is -0.833. The highest BCUT2D eigenvalue weighted by Gasteiger charge is 2.35. The first kappa shape index (κ1) is 44.2. The Kier molecular flexibility index (Phi) is 20.2. The molecular weight excluding hydrogens is 672 g/mol. The standard InChI is InChI=1S/C43H68N2O8/c1-32-34(38(48)42(52-5)40(50-3)36(32)46)24-19-15-11-7-9-13-17-21-26-44-28-23-29-45(31-30-44)27-22-18-14-10-8-12-16-20-25-35-33(2)37(47)41(51-4)43(53-6)39(35)49/h7-31H2,1-6H3. The monoisotopic (exact) mass is 740 g/mol. The van der Waals surface area contributed by atoms with Crippen molar-refractivity contribution >= 4 is 23.1 Å². The van der Waals surface area contributed by atoms with E-state index in [0.717, 1.165) is 38.5 Å². The second-order valence-electron chi connectivity index (χ2n) is 14.9. The first-order valence-electron chi connectivity index (χ1n) is 20.4. The lowest BCUT2D eigenvalue weighted by molar-refractivity contribution is -0.121. The van der Waals surface area contributed by atoms with Gasteiger partial charge >= 0.3 is 0 Å². The van der Waals surface area contributed by atoms with Gasteiger partial charge in [-0.15, -0.1) is 0 Å². The van der Waals surface area contributed by atoms with Gasteiger partial charge in [0, 0.05) is 35.4 Å². The molecule has 10 nitrogen and oxygen atoms in total. The summed E-state index contributed by atoms with van der Waals surface area (Å²) in [6, 6.07) is 0. The van der Waals surface area contributed by atoms with Gasteiger partial charge in [-0.25, -0.2) is 0 Å². The average molecular weight is 741 g/mol. The van der Waals surface area contributed by atoms with Crippen LogP contribution in [-0.4, -0.2) is 101 Å². The highest BCUT2D eigenvalue weighted by Crippen LogP contribution is 2.30. The van der Waals surface area contributed by atoms with Crippen molar-refractivity contribution in [3.63, 3.8) is 0 Å². The molecule has 0 radical (unpaired) electrons. The summed E-state index contributed by atoms with van der Waals surface area (Å²) in [5.41, 5.74) is 2.12. The molecule has 2 aliphatic carbocycles. The first-order chi connectivity index (χ1) is 25.7. The lowest BCUT2D eigenvalue weighted by Gasteiger charge is -2.21. The van der Waals surface area contributed by atoms with E-state index < -0.39 is 0 Å². The van der Waals surface area contributed by atoms with Crippen molar-refractivity contribution in [1.82, 2.24) is 9.80 Å². The second kappa shape index (κ2) is 24.2. The number of unbranched alkanes of at least 4 members (excludes halogenated alkanes) is 14. The molecular formula is C43H68N2O8. The second-order valence-corrected chi connectivity index (χ2v) is 14.9. The van der Waals surface area contributed by atoms with Crippen molar-refractivity contribution in [3.05, 3.63) is 45.3 Å². The highest BCUT2D eigenvalue weighted by molar-refractivity contribution is 6.24. The fraction of sp³-hybridized carbons (Fsp3) is 0.721. The van der Waals surface area contributed by atoms with Crippen LogP contribution in [0.2, 0.25) is 0 Å². The maximum absolute atomic E-state index is 12.8. The predicted molar refractivity (Wildman–Crippen MR) is 208 cm³/mol. The quantitative estimate of drug-likeness (QED) is 0.0640. The van der Waals surface area contributed by atoms with E-state index in [4.69, 9.17) is 18.9 Å². The smallest absolute Gasteiger partial charge is 0.228 e. The predicted octanol–water partition coefficient (Wildman–Crippen LogP) is 7.96. The lowest BCUT2D eigenvalue weighted by atomic mass is 9.89. The number of Topliss-reactive ketones (excluding diaryl/α,β-unsaturated/α-hetero) is 4. The minimum atomic E-state index is -0.247. The molecule has 0 aromatic rings. The van der Waals surface area contributed by atoms with E-state index >= 15 is 0 Å². The number of nitrogens with zero attached hydrogens (tertiary/aromatic N) is 2. The van der Waals surface area contributed by atoms with Crippen LogP contribution in [0.1, 0.15) is 136 Å². The zero-order chi connectivity index (χ0) is 38.6. The SMILES string of the molecule is COC1=C(OC)C(=O)C(CCCCCCCCCCN2CCCN(CCCCCCCCCCC3=C(C)C(=O)C(OC)=C(OC)C3=O)CC2)=C(C)C1=O. The minimum Gasteiger partial charge on any atom is -0.489 e. The van der Waals surface area contributed by atoms with E-state index in [1.165, 1.54) is 138 Å². The Morgan fingerprint density at radius 2 is 0.679 bits per heavy atom.